The summed E-state index contributed by atoms with van der Waals surface area (Å²) in [5, 5.41) is 7.30. The van der Waals surface area contributed by atoms with Crippen molar-refractivity contribution >= 4 is 28.9 Å². The van der Waals surface area contributed by atoms with E-state index in [1.54, 1.807) is 0 Å². The molecule has 36 heavy (non-hydrogen) atoms. The second-order valence-electron chi connectivity index (χ2n) is 10.1. The Morgan fingerprint density at radius 2 is 1.94 bits per heavy atom. The summed E-state index contributed by atoms with van der Waals surface area (Å²) in [7, 11) is 0. The highest BCUT2D eigenvalue weighted by Crippen LogP contribution is 2.41. The molecule has 1 saturated heterocycles. The van der Waals surface area contributed by atoms with Gasteiger partial charge in [-0.2, -0.15) is 0 Å². The van der Waals surface area contributed by atoms with Crippen LogP contribution in [0.2, 0.25) is 0 Å². The molecule has 0 bridgehead atoms. The molecular weight excluding hydrogens is 466 g/mol. The van der Waals surface area contributed by atoms with Gasteiger partial charge in [0.2, 0.25) is 5.91 Å². The maximum absolute atomic E-state index is 13.0. The normalized spacial score (nSPS) is 20.4. The van der Waals surface area contributed by atoms with E-state index in [0.29, 0.717) is 24.1 Å². The van der Waals surface area contributed by atoms with E-state index in [-0.39, 0.29) is 18.0 Å². The van der Waals surface area contributed by atoms with Crippen molar-refractivity contribution < 1.29 is 4.79 Å². The third-order valence-electron chi connectivity index (χ3n) is 7.53. The molecule has 2 aliphatic rings. The van der Waals surface area contributed by atoms with Crippen LogP contribution in [0.1, 0.15) is 79.2 Å². The number of aromatic nitrogens is 2. The molecule has 1 amide bonds. The van der Waals surface area contributed by atoms with Gasteiger partial charge in [0.1, 0.15) is 0 Å². The van der Waals surface area contributed by atoms with Gasteiger partial charge in [-0.25, -0.2) is 0 Å². The molecule has 2 fully saturated rings. The second-order valence-corrected chi connectivity index (χ2v) is 10.5. The number of anilines is 1. The van der Waals surface area contributed by atoms with Gasteiger partial charge < -0.3 is 20.1 Å². The van der Waals surface area contributed by atoms with E-state index in [1.807, 2.05) is 44.3 Å². The Balaban J connectivity index is 1.40. The van der Waals surface area contributed by atoms with Gasteiger partial charge in [-0.1, -0.05) is 37.5 Å². The molecule has 1 aliphatic carbocycles. The number of pyridine rings is 1. The standard InChI is InChI=1S/C29H35N5OS/c1-20-13-14-21(2)24(19-20)31-26(35)15-18-34-28(27(32-29(34)36)23-11-6-7-16-30-23)25-12-8-17-33(25)22-9-4-3-5-10-22/h6-8,11-14,16-17,19,22,27-28H,3-5,9-10,15,18H2,1-2H3,(H,31,35)(H,32,36)/t27-,28+/m1/s1. The number of aryl methyl sites for hydroxylation is 2. The predicted molar refractivity (Wildman–Crippen MR) is 148 cm³/mol. The van der Waals surface area contributed by atoms with Gasteiger partial charge in [0.25, 0.3) is 0 Å². The van der Waals surface area contributed by atoms with Crippen LogP contribution in [0.25, 0.3) is 0 Å². The van der Waals surface area contributed by atoms with Crippen LogP contribution in [0.4, 0.5) is 5.69 Å². The van der Waals surface area contributed by atoms with Crippen LogP contribution in [0, 0.1) is 13.8 Å². The highest BCUT2D eigenvalue weighted by atomic mass is 32.1. The van der Waals surface area contributed by atoms with E-state index in [4.69, 9.17) is 12.2 Å². The summed E-state index contributed by atoms with van der Waals surface area (Å²) in [4.78, 5) is 19.8. The molecule has 3 aromatic rings. The van der Waals surface area contributed by atoms with Crippen molar-refractivity contribution in [2.24, 2.45) is 0 Å². The SMILES string of the molecule is Cc1ccc(C)c(NC(=O)CCN2C(=S)N[C@H](c3ccccn3)[C@@H]2c2cccn2C2CCCCC2)c1. The zero-order chi connectivity index (χ0) is 25.1. The molecule has 2 N–H and O–H groups in total. The molecule has 6 nitrogen and oxygen atoms in total. The fourth-order valence-corrected chi connectivity index (χ4v) is 5.95. The molecule has 0 radical (unpaired) electrons. The Morgan fingerprint density at radius 1 is 1.11 bits per heavy atom. The lowest BCUT2D eigenvalue weighted by atomic mass is 9.94. The minimum atomic E-state index is -0.0713. The second kappa shape index (κ2) is 10.8. The van der Waals surface area contributed by atoms with Crippen LogP contribution >= 0.6 is 12.2 Å². The number of amides is 1. The molecule has 0 unspecified atom stereocenters. The van der Waals surface area contributed by atoms with Crippen molar-refractivity contribution in [2.45, 2.75) is 70.5 Å². The number of thiocarbonyl (C=S) groups is 1. The minimum absolute atomic E-state index is 0.00537. The quantitative estimate of drug-likeness (QED) is 0.389. The number of hydrogen-bond acceptors (Lipinski definition) is 3. The lowest BCUT2D eigenvalue weighted by Gasteiger charge is -2.32. The topological polar surface area (TPSA) is 62.2 Å². The highest BCUT2D eigenvalue weighted by Gasteiger charge is 2.41. The monoisotopic (exact) mass is 501 g/mol. The molecule has 1 aromatic carbocycles. The Labute approximate surface area is 219 Å². The fourth-order valence-electron chi connectivity index (χ4n) is 5.62. The van der Waals surface area contributed by atoms with E-state index in [0.717, 1.165) is 22.5 Å². The Bertz CT molecular complexity index is 1220. The number of carbonyl (C=O) groups is 1. The van der Waals surface area contributed by atoms with Gasteiger partial charge in [0.15, 0.2) is 5.11 Å². The number of nitrogens with one attached hydrogen (secondary N) is 2. The van der Waals surface area contributed by atoms with Gasteiger partial charge in [-0.05, 0) is 80.4 Å². The number of nitrogens with zero attached hydrogens (tertiary/aromatic N) is 3. The maximum Gasteiger partial charge on any atom is 0.226 e. The molecule has 2 atom stereocenters. The Hall–Kier alpha value is -3.19. The molecular formula is C29H35N5OS. The van der Waals surface area contributed by atoms with Crippen molar-refractivity contribution in [1.82, 2.24) is 19.8 Å². The number of rotatable bonds is 7. The first-order chi connectivity index (χ1) is 17.5. The summed E-state index contributed by atoms with van der Waals surface area (Å²) in [6.07, 6.45) is 10.7. The lowest BCUT2D eigenvalue weighted by Crippen LogP contribution is -2.34. The van der Waals surface area contributed by atoms with Crippen LogP contribution in [-0.4, -0.2) is 32.0 Å². The van der Waals surface area contributed by atoms with Crippen LogP contribution in [0.3, 0.4) is 0 Å². The summed E-state index contributed by atoms with van der Waals surface area (Å²) >= 11 is 5.83. The molecule has 1 saturated carbocycles. The Morgan fingerprint density at radius 3 is 2.72 bits per heavy atom. The summed E-state index contributed by atoms with van der Waals surface area (Å²) < 4.78 is 2.46. The smallest absolute Gasteiger partial charge is 0.226 e. The fraction of sp³-hybridized carbons (Fsp3) is 0.414. The molecule has 3 heterocycles. The van der Waals surface area contributed by atoms with E-state index in [9.17, 15) is 4.79 Å². The Kier molecular flexibility index (Phi) is 7.37. The number of hydrogen-bond donors (Lipinski definition) is 2. The van der Waals surface area contributed by atoms with Crippen LogP contribution in [-0.2, 0) is 4.79 Å². The minimum Gasteiger partial charge on any atom is -0.352 e. The van der Waals surface area contributed by atoms with Crippen LogP contribution in [0.5, 0.6) is 0 Å². The zero-order valence-electron chi connectivity index (χ0n) is 21.1. The molecule has 2 aromatic heterocycles. The van der Waals surface area contributed by atoms with E-state index in [1.165, 1.54) is 37.8 Å². The summed E-state index contributed by atoms with van der Waals surface area (Å²) in [5.74, 6) is -0.00537. The summed E-state index contributed by atoms with van der Waals surface area (Å²) in [6, 6.07) is 16.9. The van der Waals surface area contributed by atoms with Crippen LogP contribution in [0.15, 0.2) is 60.9 Å². The number of carbonyl (C=O) groups excluding carboxylic acids is 1. The molecule has 5 rings (SSSR count). The van der Waals surface area contributed by atoms with Gasteiger partial charge in [-0.3, -0.25) is 9.78 Å². The maximum atomic E-state index is 13.0. The lowest BCUT2D eigenvalue weighted by molar-refractivity contribution is -0.116. The van der Waals surface area contributed by atoms with Crippen molar-refractivity contribution in [3.63, 3.8) is 0 Å². The van der Waals surface area contributed by atoms with Gasteiger partial charge in [-0.15, -0.1) is 0 Å². The average molecular weight is 502 g/mol. The zero-order valence-corrected chi connectivity index (χ0v) is 21.9. The number of benzene rings is 1. The van der Waals surface area contributed by atoms with Crippen molar-refractivity contribution in [3.05, 3.63) is 83.4 Å². The summed E-state index contributed by atoms with van der Waals surface area (Å²) in [6.45, 7) is 4.58. The van der Waals surface area contributed by atoms with Gasteiger partial charge in [0.05, 0.1) is 17.8 Å². The molecule has 188 valence electrons. The van der Waals surface area contributed by atoms with Gasteiger partial charge >= 0.3 is 0 Å². The molecule has 7 heteroatoms. The van der Waals surface area contributed by atoms with E-state index in [2.05, 4.69) is 55.5 Å². The van der Waals surface area contributed by atoms with Crippen molar-refractivity contribution in [3.8, 4) is 0 Å². The first kappa shape index (κ1) is 24.5. The highest BCUT2D eigenvalue weighted by molar-refractivity contribution is 7.80. The molecule has 0 spiro atoms. The first-order valence-corrected chi connectivity index (χ1v) is 13.4. The largest absolute Gasteiger partial charge is 0.352 e. The van der Waals surface area contributed by atoms with Crippen molar-refractivity contribution in [1.29, 1.82) is 0 Å². The van der Waals surface area contributed by atoms with Crippen LogP contribution < -0.4 is 10.6 Å². The van der Waals surface area contributed by atoms with E-state index < -0.39 is 0 Å². The predicted octanol–water partition coefficient (Wildman–Crippen LogP) is 6.01. The third kappa shape index (κ3) is 5.16. The molecule has 1 aliphatic heterocycles. The average Bonchev–Trinajstić information content (AvgIpc) is 3.50. The van der Waals surface area contributed by atoms with Gasteiger partial charge in [0, 0.05) is 42.8 Å². The van der Waals surface area contributed by atoms with E-state index >= 15 is 0 Å². The summed E-state index contributed by atoms with van der Waals surface area (Å²) in [5.41, 5.74) is 5.26. The van der Waals surface area contributed by atoms with Crippen molar-refractivity contribution in [2.75, 3.05) is 11.9 Å². The third-order valence-corrected chi connectivity index (χ3v) is 7.88. The first-order valence-electron chi connectivity index (χ1n) is 13.0.